The van der Waals surface area contributed by atoms with Gasteiger partial charge in [-0.2, -0.15) is 18.3 Å². The third-order valence-electron chi connectivity index (χ3n) is 4.48. The molecule has 1 N–H and O–H groups in total. The van der Waals surface area contributed by atoms with E-state index in [2.05, 4.69) is 5.10 Å². The molecule has 3 rings (SSSR count). The number of nitrogens with one attached hydrogen (secondary N) is 1. The van der Waals surface area contributed by atoms with E-state index >= 15 is 0 Å². The van der Waals surface area contributed by atoms with Crippen LogP contribution in [0.3, 0.4) is 0 Å². The van der Waals surface area contributed by atoms with E-state index in [0.717, 1.165) is 12.3 Å². The van der Waals surface area contributed by atoms with Gasteiger partial charge in [0.15, 0.2) is 23.3 Å². The molecule has 0 aliphatic carbocycles. The molecule has 1 aliphatic heterocycles. The molecule has 1 fully saturated rings. The molecular weight excluding hydrogens is 453 g/mol. The molecule has 0 amide bonds. The highest BCUT2D eigenvalue weighted by Crippen LogP contribution is 2.38. The van der Waals surface area contributed by atoms with Crippen LogP contribution in [-0.4, -0.2) is 37.4 Å². The molecule has 0 radical (unpaired) electrons. The molecule has 172 valence electrons. The molecule has 1 heterocycles. The van der Waals surface area contributed by atoms with E-state index in [4.69, 9.17) is 4.74 Å². The molecule has 14 heteroatoms. The summed E-state index contributed by atoms with van der Waals surface area (Å²) in [6, 6.07) is 3.88. The van der Waals surface area contributed by atoms with E-state index in [1.165, 1.54) is 12.1 Å². The smallest absolute Gasteiger partial charge is 0.378 e. The largest absolute Gasteiger partial charge is 0.422 e. The zero-order chi connectivity index (χ0) is 23.6. The fourth-order valence-electron chi connectivity index (χ4n) is 2.99. The lowest BCUT2D eigenvalue weighted by molar-refractivity contribution is -0.384. The average Bonchev–Trinajstić information content (AvgIpc) is 2.74. The number of halogens is 7. The van der Waals surface area contributed by atoms with Crippen molar-refractivity contribution in [1.82, 2.24) is 0 Å². The number of alkyl halides is 3. The van der Waals surface area contributed by atoms with Gasteiger partial charge in [0.1, 0.15) is 16.9 Å². The Bertz CT molecular complexity index is 1040. The summed E-state index contributed by atoms with van der Waals surface area (Å²) in [4.78, 5) is 12.5. The lowest BCUT2D eigenvalue weighted by Crippen LogP contribution is -2.36. The van der Waals surface area contributed by atoms with Gasteiger partial charge in [-0.1, -0.05) is 6.07 Å². The Morgan fingerprint density at radius 1 is 1.06 bits per heavy atom. The number of hydrazone groups is 1. The summed E-state index contributed by atoms with van der Waals surface area (Å²) < 4.78 is 98.0. The van der Waals surface area contributed by atoms with Gasteiger partial charge in [0.2, 0.25) is 0 Å². The van der Waals surface area contributed by atoms with Crippen LogP contribution in [0.2, 0.25) is 0 Å². The van der Waals surface area contributed by atoms with Crippen molar-refractivity contribution < 1.29 is 40.4 Å². The van der Waals surface area contributed by atoms with Crippen LogP contribution in [0.25, 0.3) is 0 Å². The number of nitro groups is 1. The van der Waals surface area contributed by atoms with Crippen LogP contribution in [0.4, 0.5) is 47.8 Å². The first-order valence-corrected chi connectivity index (χ1v) is 8.85. The second kappa shape index (κ2) is 8.98. The number of anilines is 2. The van der Waals surface area contributed by atoms with Crippen LogP contribution in [0.15, 0.2) is 23.3 Å². The van der Waals surface area contributed by atoms with Crippen LogP contribution in [0.1, 0.15) is 11.1 Å². The van der Waals surface area contributed by atoms with Crippen LogP contribution < -0.4 is 10.3 Å². The Morgan fingerprint density at radius 2 is 1.66 bits per heavy atom. The number of nitro benzene ring substituents is 1. The highest BCUT2D eigenvalue weighted by Gasteiger charge is 2.42. The van der Waals surface area contributed by atoms with Crippen molar-refractivity contribution in [2.24, 2.45) is 5.10 Å². The number of benzene rings is 2. The Labute approximate surface area is 175 Å². The van der Waals surface area contributed by atoms with Crippen molar-refractivity contribution in [3.8, 4) is 0 Å². The maximum atomic E-state index is 13.9. The first-order valence-electron chi connectivity index (χ1n) is 8.85. The summed E-state index contributed by atoms with van der Waals surface area (Å²) in [7, 11) is 0. The van der Waals surface area contributed by atoms with Gasteiger partial charge in [-0.15, -0.1) is 0 Å². The molecule has 1 aliphatic rings. The molecule has 2 aromatic carbocycles. The predicted molar refractivity (Wildman–Crippen MR) is 98.6 cm³/mol. The molecule has 32 heavy (non-hydrogen) atoms. The SMILES string of the molecule is O=[N+]([O-])c1cc(/C=N/Nc2c(F)c(F)c(C(F)(F)F)c(F)c2F)ccc1N1CCOCC1. The molecule has 0 saturated carbocycles. The van der Waals surface area contributed by atoms with Crippen LogP contribution in [0, 0.1) is 33.4 Å². The lowest BCUT2D eigenvalue weighted by Gasteiger charge is -2.28. The van der Waals surface area contributed by atoms with Crippen molar-refractivity contribution in [3.05, 3.63) is 62.7 Å². The quantitative estimate of drug-likeness (QED) is 0.232. The number of rotatable bonds is 5. The second-order valence-electron chi connectivity index (χ2n) is 6.48. The highest BCUT2D eigenvalue weighted by atomic mass is 19.4. The first kappa shape index (κ1) is 23.2. The zero-order valence-corrected chi connectivity index (χ0v) is 15.8. The van der Waals surface area contributed by atoms with E-state index in [1.54, 1.807) is 10.3 Å². The van der Waals surface area contributed by atoms with E-state index in [9.17, 15) is 40.8 Å². The van der Waals surface area contributed by atoms with E-state index in [-0.39, 0.29) is 11.3 Å². The normalized spacial score (nSPS) is 14.8. The summed E-state index contributed by atoms with van der Waals surface area (Å²) in [5, 5.41) is 14.7. The fraction of sp³-hybridized carbons (Fsp3) is 0.278. The van der Waals surface area contributed by atoms with E-state index < -0.39 is 45.6 Å². The summed E-state index contributed by atoms with van der Waals surface area (Å²) in [6.07, 6.45) is -4.83. The van der Waals surface area contributed by atoms with Crippen molar-refractivity contribution >= 4 is 23.3 Å². The Kier molecular flexibility index (Phi) is 6.52. The molecule has 0 spiro atoms. The topological polar surface area (TPSA) is 80.0 Å². The van der Waals surface area contributed by atoms with Gasteiger partial charge < -0.3 is 9.64 Å². The third-order valence-corrected chi connectivity index (χ3v) is 4.48. The monoisotopic (exact) mass is 466 g/mol. The van der Waals surface area contributed by atoms with Gasteiger partial charge in [-0.05, 0) is 6.07 Å². The Balaban J connectivity index is 1.88. The lowest BCUT2D eigenvalue weighted by atomic mass is 10.1. The van der Waals surface area contributed by atoms with Gasteiger partial charge in [-0.3, -0.25) is 15.5 Å². The summed E-state index contributed by atoms with van der Waals surface area (Å²) in [6.45, 7) is 1.59. The maximum Gasteiger partial charge on any atom is 0.422 e. The minimum absolute atomic E-state index is 0.0647. The number of morpholine rings is 1. The fourth-order valence-corrected chi connectivity index (χ4v) is 2.99. The van der Waals surface area contributed by atoms with Gasteiger partial charge >= 0.3 is 6.18 Å². The molecule has 7 nitrogen and oxygen atoms in total. The molecular formula is C18H13F7N4O3. The van der Waals surface area contributed by atoms with Gasteiger partial charge in [0, 0.05) is 24.7 Å². The maximum absolute atomic E-state index is 13.9. The number of hydrogen-bond donors (Lipinski definition) is 1. The van der Waals surface area contributed by atoms with Crippen LogP contribution in [0.5, 0.6) is 0 Å². The van der Waals surface area contributed by atoms with Crippen LogP contribution >= 0.6 is 0 Å². The second-order valence-corrected chi connectivity index (χ2v) is 6.48. The van der Waals surface area contributed by atoms with Crippen molar-refractivity contribution in [2.75, 3.05) is 36.6 Å². The van der Waals surface area contributed by atoms with E-state index in [1.807, 2.05) is 0 Å². The Morgan fingerprint density at radius 3 is 2.19 bits per heavy atom. The minimum atomic E-state index is -5.67. The summed E-state index contributed by atoms with van der Waals surface area (Å²) in [5.41, 5.74) is -2.66. The number of ether oxygens (including phenoxy) is 1. The molecule has 1 saturated heterocycles. The summed E-state index contributed by atoms with van der Waals surface area (Å²) in [5.74, 6) is -9.94. The first-order chi connectivity index (χ1) is 15.0. The average molecular weight is 466 g/mol. The molecule has 2 aromatic rings. The Hall–Kier alpha value is -3.42. The van der Waals surface area contributed by atoms with Gasteiger partial charge in [0.05, 0.1) is 24.4 Å². The van der Waals surface area contributed by atoms with Crippen LogP contribution in [-0.2, 0) is 10.9 Å². The van der Waals surface area contributed by atoms with Crippen molar-refractivity contribution in [1.29, 1.82) is 0 Å². The minimum Gasteiger partial charge on any atom is -0.378 e. The standard InChI is InChI=1S/C18H13F7N4O3/c19-13-12(18(23,24)25)14(20)16(22)17(15(13)21)27-26-8-9-1-2-10(11(7-9)29(30)31)28-3-5-32-6-4-28/h1-2,7-8,27H,3-6H2/b26-8+. The molecule has 0 atom stereocenters. The zero-order valence-electron chi connectivity index (χ0n) is 15.8. The number of nitrogens with zero attached hydrogens (tertiary/aromatic N) is 3. The van der Waals surface area contributed by atoms with Crippen molar-refractivity contribution in [2.45, 2.75) is 6.18 Å². The third kappa shape index (κ3) is 4.59. The van der Waals surface area contributed by atoms with Crippen molar-refractivity contribution in [3.63, 3.8) is 0 Å². The summed E-state index contributed by atoms with van der Waals surface area (Å²) >= 11 is 0. The molecule has 0 aromatic heterocycles. The van der Waals surface area contributed by atoms with E-state index in [0.29, 0.717) is 32.0 Å². The number of hydrogen-bond acceptors (Lipinski definition) is 6. The predicted octanol–water partition coefficient (Wildman–Crippen LogP) is 4.45. The highest BCUT2D eigenvalue weighted by molar-refractivity contribution is 5.83. The van der Waals surface area contributed by atoms with Gasteiger partial charge in [0.25, 0.3) is 5.69 Å². The molecule has 0 bridgehead atoms. The molecule has 0 unspecified atom stereocenters. The van der Waals surface area contributed by atoms with Gasteiger partial charge in [-0.25, -0.2) is 17.6 Å².